The van der Waals surface area contributed by atoms with Crippen molar-refractivity contribution in [1.29, 1.82) is 0 Å². The standard InChI is InChI=1S/C19H24O2/c1-20-18-14-10-3-5-11(6-4-10)15(14)19(21-2)17-13-8-7-12(9-13)16(17)18/h10-13H,3-9H2,1-2H3/q+1/t10?,11?,12-,13+. The molecule has 0 aliphatic heterocycles. The molecule has 2 nitrogen and oxygen atoms in total. The van der Waals surface area contributed by atoms with Crippen LogP contribution in [-0.4, -0.2) is 20.0 Å². The minimum absolute atomic E-state index is 0.721. The molecule has 1 radical (unpaired) electrons. The maximum absolute atomic E-state index is 6.00. The van der Waals surface area contributed by atoms with E-state index in [0.29, 0.717) is 0 Å². The van der Waals surface area contributed by atoms with Crippen molar-refractivity contribution >= 4 is 5.78 Å². The third kappa shape index (κ3) is 1.45. The monoisotopic (exact) mass is 284 g/mol. The van der Waals surface area contributed by atoms with E-state index in [-0.39, 0.29) is 0 Å². The Kier molecular flexibility index (Phi) is 2.60. The van der Waals surface area contributed by atoms with E-state index in [1.54, 1.807) is 11.1 Å². The summed E-state index contributed by atoms with van der Waals surface area (Å²) in [5, 5.41) is 0. The second-order valence-corrected chi connectivity index (χ2v) is 7.48. The average molecular weight is 284 g/mol. The molecule has 2 saturated carbocycles. The summed E-state index contributed by atoms with van der Waals surface area (Å²) in [6.45, 7) is 0. The molecule has 0 amide bonds. The van der Waals surface area contributed by atoms with E-state index < -0.39 is 0 Å². The van der Waals surface area contributed by atoms with E-state index in [1.165, 1.54) is 68.0 Å². The van der Waals surface area contributed by atoms with Gasteiger partial charge in [-0.15, -0.1) is 0 Å². The molecule has 2 atom stereocenters. The van der Waals surface area contributed by atoms with Crippen molar-refractivity contribution in [3.05, 3.63) is 28.4 Å². The van der Waals surface area contributed by atoms with Crippen LogP contribution in [-0.2, 0) is 9.16 Å². The topological polar surface area (TPSA) is 20.5 Å². The fraction of sp³-hybridized carbons (Fsp3) is 0.684. The number of hydrogen-bond donors (Lipinski definition) is 0. The molecule has 6 rings (SSSR count). The summed E-state index contributed by atoms with van der Waals surface area (Å²) in [5.74, 6) is 4.18. The normalized spacial score (nSPS) is 43.0. The summed E-state index contributed by atoms with van der Waals surface area (Å²) >= 11 is 0. The summed E-state index contributed by atoms with van der Waals surface area (Å²) in [6.07, 6.45) is 10.7. The van der Waals surface area contributed by atoms with Crippen LogP contribution in [0.5, 0.6) is 0 Å². The van der Waals surface area contributed by atoms with E-state index in [2.05, 4.69) is 0 Å². The lowest BCUT2D eigenvalue weighted by Gasteiger charge is -2.44. The maximum Gasteiger partial charge on any atom is 0.350 e. The number of rotatable bonds is 1. The van der Waals surface area contributed by atoms with Crippen molar-refractivity contribution in [2.45, 2.75) is 44.9 Å². The SMILES string of the molecule is CO[C]1C2=C(C(=[O+]C)C3=C1[C@@H]1CC[C@H]3C1)C1CCC2CC1. The smallest absolute Gasteiger partial charge is 0.350 e. The molecular weight excluding hydrogens is 260 g/mol. The molecule has 0 unspecified atom stereocenters. The predicted octanol–water partition coefficient (Wildman–Crippen LogP) is 3.76. The molecule has 0 spiro atoms. The molecule has 111 valence electrons. The van der Waals surface area contributed by atoms with Crippen LogP contribution in [0.2, 0.25) is 0 Å². The van der Waals surface area contributed by atoms with Gasteiger partial charge in [0.25, 0.3) is 7.11 Å². The Morgan fingerprint density at radius 1 is 0.762 bits per heavy atom. The quantitative estimate of drug-likeness (QED) is 0.672. The Balaban J connectivity index is 1.73. The molecule has 6 aliphatic carbocycles. The summed E-state index contributed by atoms with van der Waals surface area (Å²) in [6, 6.07) is 0. The van der Waals surface area contributed by atoms with Crippen molar-refractivity contribution in [1.82, 2.24) is 0 Å². The molecule has 0 aromatic carbocycles. The van der Waals surface area contributed by atoms with Crippen molar-refractivity contribution in [3.8, 4) is 0 Å². The lowest BCUT2D eigenvalue weighted by Crippen LogP contribution is -2.39. The van der Waals surface area contributed by atoms with E-state index in [1.807, 2.05) is 14.2 Å². The highest BCUT2D eigenvalue weighted by Crippen LogP contribution is 2.61. The van der Waals surface area contributed by atoms with Crippen LogP contribution in [0, 0.1) is 29.8 Å². The third-order valence-electron chi connectivity index (χ3n) is 6.76. The predicted molar refractivity (Wildman–Crippen MR) is 81.5 cm³/mol. The van der Waals surface area contributed by atoms with Crippen LogP contribution in [0.15, 0.2) is 22.3 Å². The van der Waals surface area contributed by atoms with Crippen molar-refractivity contribution in [2.24, 2.45) is 23.7 Å². The number of ketones is 1. The second-order valence-electron chi connectivity index (χ2n) is 7.48. The van der Waals surface area contributed by atoms with Gasteiger partial charge in [0.05, 0.1) is 11.1 Å². The third-order valence-corrected chi connectivity index (χ3v) is 6.76. The summed E-state index contributed by atoms with van der Waals surface area (Å²) < 4.78 is 12.0. The largest absolute Gasteiger partial charge is 0.366 e. The summed E-state index contributed by atoms with van der Waals surface area (Å²) in [7, 11) is 3.77. The minimum atomic E-state index is 0.721. The van der Waals surface area contributed by atoms with Crippen molar-refractivity contribution in [3.63, 3.8) is 0 Å². The molecule has 0 saturated heterocycles. The van der Waals surface area contributed by atoms with Crippen molar-refractivity contribution < 1.29 is 9.16 Å². The zero-order valence-corrected chi connectivity index (χ0v) is 13.1. The van der Waals surface area contributed by atoms with Gasteiger partial charge >= 0.3 is 5.78 Å². The second kappa shape index (κ2) is 4.32. The number of hydrogen-bond acceptors (Lipinski definition) is 1. The molecule has 21 heavy (non-hydrogen) atoms. The van der Waals surface area contributed by atoms with Gasteiger partial charge in [0.1, 0.15) is 6.10 Å². The molecule has 0 aromatic heterocycles. The van der Waals surface area contributed by atoms with Gasteiger partial charge in [0.15, 0.2) is 0 Å². The van der Waals surface area contributed by atoms with Gasteiger partial charge < -0.3 is 4.74 Å². The van der Waals surface area contributed by atoms with E-state index in [0.717, 1.165) is 23.7 Å². The number of methoxy groups -OCH3 is 1. The van der Waals surface area contributed by atoms with Crippen LogP contribution < -0.4 is 0 Å². The Bertz CT molecular complexity index is 587. The van der Waals surface area contributed by atoms with Gasteiger partial charge in [-0.1, -0.05) is 0 Å². The molecule has 0 heterocycles. The highest BCUT2D eigenvalue weighted by atomic mass is 16.5. The Hall–Kier alpha value is -0.890. The molecule has 4 bridgehead atoms. The molecular formula is C19H24O2+. The first kappa shape index (κ1) is 12.6. The molecule has 2 heteroatoms. The Morgan fingerprint density at radius 2 is 1.24 bits per heavy atom. The van der Waals surface area contributed by atoms with E-state index >= 15 is 0 Å². The number of ether oxygens (including phenoxy) is 1. The van der Waals surface area contributed by atoms with Crippen LogP contribution in [0.25, 0.3) is 0 Å². The molecule has 6 aliphatic rings. The van der Waals surface area contributed by atoms with Crippen LogP contribution in [0.4, 0.5) is 0 Å². The van der Waals surface area contributed by atoms with Crippen LogP contribution >= 0.6 is 0 Å². The summed E-state index contributed by atoms with van der Waals surface area (Å²) in [4.78, 5) is 0. The zero-order valence-electron chi connectivity index (χ0n) is 13.1. The zero-order chi connectivity index (χ0) is 14.1. The fourth-order valence-corrected chi connectivity index (χ4v) is 6.02. The minimum Gasteiger partial charge on any atom is -0.366 e. The van der Waals surface area contributed by atoms with Gasteiger partial charge in [-0.25, -0.2) is 0 Å². The maximum atomic E-state index is 6.00. The summed E-state index contributed by atoms with van der Waals surface area (Å²) in [5.41, 5.74) is 6.17. The van der Waals surface area contributed by atoms with E-state index in [9.17, 15) is 0 Å². The Morgan fingerprint density at radius 3 is 1.86 bits per heavy atom. The lowest BCUT2D eigenvalue weighted by molar-refractivity contribution is -0.419. The molecule has 2 fully saturated rings. The number of fused-ring (bicyclic) bond motifs is 6. The lowest BCUT2D eigenvalue weighted by atomic mass is 9.60. The van der Waals surface area contributed by atoms with Crippen molar-refractivity contribution in [2.75, 3.05) is 14.2 Å². The highest BCUT2D eigenvalue weighted by Gasteiger charge is 2.56. The first-order valence-corrected chi connectivity index (χ1v) is 8.65. The average Bonchev–Trinajstić information content (AvgIpc) is 3.15. The van der Waals surface area contributed by atoms with Crippen LogP contribution in [0.3, 0.4) is 0 Å². The van der Waals surface area contributed by atoms with Gasteiger partial charge in [-0.05, 0) is 79.8 Å². The van der Waals surface area contributed by atoms with Gasteiger partial charge in [0, 0.05) is 7.11 Å². The molecule has 0 N–H and O–H groups in total. The van der Waals surface area contributed by atoms with Gasteiger partial charge in [-0.3, -0.25) is 4.42 Å². The number of carbonyl (C=O) groups excluding carboxylic acids is 1. The van der Waals surface area contributed by atoms with Gasteiger partial charge in [-0.2, -0.15) is 0 Å². The Labute approximate surface area is 126 Å². The molecule has 0 aromatic rings. The number of allylic oxidation sites excluding steroid dienone is 2. The van der Waals surface area contributed by atoms with Crippen LogP contribution in [0.1, 0.15) is 44.9 Å². The first-order chi connectivity index (χ1) is 10.3. The highest BCUT2D eigenvalue weighted by molar-refractivity contribution is 6.13. The van der Waals surface area contributed by atoms with E-state index in [4.69, 9.17) is 9.16 Å². The first-order valence-electron chi connectivity index (χ1n) is 8.65. The van der Waals surface area contributed by atoms with Gasteiger partial charge in [0.2, 0.25) is 0 Å². The fourth-order valence-electron chi connectivity index (χ4n) is 6.02.